The minimum atomic E-state index is 0.578. The molecular formula is C17H26N4. The molecule has 0 spiro atoms. The standard InChI is InChI=1S/C17H26N4/c1-3-21-16-8-7-13(12-18)11-15(16)19-17(21)9-10-20(2)14-5-4-6-14/h7-8,11,14H,3-6,9-10,12,18H2,1-2H3. The number of rotatable bonds is 6. The van der Waals surface area contributed by atoms with Crippen molar-refractivity contribution >= 4 is 11.0 Å². The summed E-state index contributed by atoms with van der Waals surface area (Å²) < 4.78 is 2.34. The number of nitrogens with zero attached hydrogens (tertiary/aromatic N) is 3. The van der Waals surface area contributed by atoms with Crippen molar-refractivity contribution in [2.45, 2.75) is 51.7 Å². The van der Waals surface area contributed by atoms with E-state index in [2.05, 4.69) is 41.6 Å². The van der Waals surface area contributed by atoms with E-state index < -0.39 is 0 Å². The van der Waals surface area contributed by atoms with Gasteiger partial charge in [0.15, 0.2) is 0 Å². The first kappa shape index (κ1) is 14.5. The van der Waals surface area contributed by atoms with Gasteiger partial charge in [0.2, 0.25) is 0 Å². The van der Waals surface area contributed by atoms with Crippen molar-refractivity contribution in [1.82, 2.24) is 14.5 Å². The molecule has 4 nitrogen and oxygen atoms in total. The summed E-state index contributed by atoms with van der Waals surface area (Å²) in [4.78, 5) is 7.34. The van der Waals surface area contributed by atoms with Gasteiger partial charge in [0.1, 0.15) is 5.82 Å². The molecule has 1 heterocycles. The van der Waals surface area contributed by atoms with Gasteiger partial charge >= 0.3 is 0 Å². The van der Waals surface area contributed by atoms with Crippen molar-refractivity contribution in [3.05, 3.63) is 29.6 Å². The van der Waals surface area contributed by atoms with E-state index in [-0.39, 0.29) is 0 Å². The first-order valence-electron chi connectivity index (χ1n) is 8.11. The van der Waals surface area contributed by atoms with E-state index in [4.69, 9.17) is 10.7 Å². The lowest BCUT2D eigenvalue weighted by Gasteiger charge is -2.34. The van der Waals surface area contributed by atoms with E-state index in [0.717, 1.165) is 36.6 Å². The summed E-state index contributed by atoms with van der Waals surface area (Å²) in [5, 5.41) is 0. The van der Waals surface area contributed by atoms with Gasteiger partial charge in [-0.05, 0) is 44.5 Å². The van der Waals surface area contributed by atoms with Crippen LogP contribution in [0.5, 0.6) is 0 Å². The van der Waals surface area contributed by atoms with E-state index in [1.807, 2.05) is 0 Å². The predicted molar refractivity (Wildman–Crippen MR) is 87.3 cm³/mol. The number of imidazole rings is 1. The minimum Gasteiger partial charge on any atom is -0.328 e. The van der Waals surface area contributed by atoms with Gasteiger partial charge in [-0.2, -0.15) is 0 Å². The second-order valence-electron chi connectivity index (χ2n) is 6.11. The molecule has 1 saturated carbocycles. The van der Waals surface area contributed by atoms with Crippen molar-refractivity contribution in [3.63, 3.8) is 0 Å². The van der Waals surface area contributed by atoms with Gasteiger partial charge in [0.05, 0.1) is 11.0 Å². The monoisotopic (exact) mass is 286 g/mol. The van der Waals surface area contributed by atoms with Crippen molar-refractivity contribution in [1.29, 1.82) is 0 Å². The van der Waals surface area contributed by atoms with Crippen molar-refractivity contribution in [2.24, 2.45) is 5.73 Å². The zero-order valence-corrected chi connectivity index (χ0v) is 13.2. The smallest absolute Gasteiger partial charge is 0.111 e. The molecule has 1 aliphatic rings. The molecule has 0 unspecified atom stereocenters. The third-order valence-corrected chi connectivity index (χ3v) is 4.83. The van der Waals surface area contributed by atoms with E-state index in [0.29, 0.717) is 6.54 Å². The quantitative estimate of drug-likeness (QED) is 0.887. The topological polar surface area (TPSA) is 47.1 Å². The van der Waals surface area contributed by atoms with Gasteiger partial charge in [-0.1, -0.05) is 12.5 Å². The van der Waals surface area contributed by atoms with Gasteiger partial charge in [-0.15, -0.1) is 0 Å². The largest absolute Gasteiger partial charge is 0.328 e. The van der Waals surface area contributed by atoms with Crippen molar-refractivity contribution < 1.29 is 0 Å². The number of fused-ring (bicyclic) bond motifs is 1. The molecule has 114 valence electrons. The Balaban J connectivity index is 1.80. The van der Waals surface area contributed by atoms with Crippen molar-refractivity contribution in [2.75, 3.05) is 13.6 Å². The van der Waals surface area contributed by atoms with Gasteiger partial charge in [0, 0.05) is 32.1 Å². The Hall–Kier alpha value is -1.39. The van der Waals surface area contributed by atoms with Crippen LogP contribution >= 0.6 is 0 Å². The number of nitrogens with two attached hydrogens (primary N) is 1. The van der Waals surface area contributed by atoms with Gasteiger partial charge in [0.25, 0.3) is 0 Å². The maximum atomic E-state index is 5.73. The van der Waals surface area contributed by atoms with Gasteiger partial charge in [-0.3, -0.25) is 0 Å². The van der Waals surface area contributed by atoms with E-state index in [1.165, 1.54) is 30.6 Å². The predicted octanol–water partition coefficient (Wildman–Crippen LogP) is 2.54. The Kier molecular flexibility index (Phi) is 4.27. The molecular weight excluding hydrogens is 260 g/mol. The highest BCUT2D eigenvalue weighted by Gasteiger charge is 2.22. The summed E-state index contributed by atoms with van der Waals surface area (Å²) in [6, 6.07) is 7.20. The summed E-state index contributed by atoms with van der Waals surface area (Å²) >= 11 is 0. The molecule has 0 saturated heterocycles. The fourth-order valence-corrected chi connectivity index (χ4v) is 3.18. The summed E-state index contributed by atoms with van der Waals surface area (Å²) in [5.41, 5.74) is 9.20. The molecule has 0 bridgehead atoms. The zero-order valence-electron chi connectivity index (χ0n) is 13.2. The fraction of sp³-hybridized carbons (Fsp3) is 0.588. The highest BCUT2D eigenvalue weighted by molar-refractivity contribution is 5.77. The fourth-order valence-electron chi connectivity index (χ4n) is 3.18. The molecule has 1 fully saturated rings. The van der Waals surface area contributed by atoms with Gasteiger partial charge < -0.3 is 15.2 Å². The van der Waals surface area contributed by atoms with Crippen LogP contribution in [0.2, 0.25) is 0 Å². The number of likely N-dealkylation sites (N-methyl/N-ethyl adjacent to an activating group) is 1. The Morgan fingerprint density at radius 3 is 2.81 bits per heavy atom. The third kappa shape index (κ3) is 2.83. The van der Waals surface area contributed by atoms with Crippen LogP contribution in [0.1, 0.15) is 37.6 Å². The number of benzene rings is 1. The molecule has 0 atom stereocenters. The second kappa shape index (κ2) is 6.16. The lowest BCUT2D eigenvalue weighted by atomic mass is 9.92. The maximum absolute atomic E-state index is 5.73. The number of aromatic nitrogens is 2. The van der Waals surface area contributed by atoms with Crippen LogP contribution < -0.4 is 5.73 Å². The lowest BCUT2D eigenvalue weighted by molar-refractivity contribution is 0.160. The molecule has 21 heavy (non-hydrogen) atoms. The van der Waals surface area contributed by atoms with Crippen LogP contribution in [0, 0.1) is 0 Å². The zero-order chi connectivity index (χ0) is 14.8. The first-order chi connectivity index (χ1) is 10.2. The molecule has 0 aliphatic heterocycles. The summed E-state index contributed by atoms with van der Waals surface area (Å²) in [7, 11) is 2.25. The maximum Gasteiger partial charge on any atom is 0.111 e. The van der Waals surface area contributed by atoms with Crippen LogP contribution in [0.15, 0.2) is 18.2 Å². The SMILES string of the molecule is CCn1c(CCN(C)C2CCC2)nc2cc(CN)ccc21. The lowest BCUT2D eigenvalue weighted by Crippen LogP contribution is -2.38. The average molecular weight is 286 g/mol. The molecule has 1 aliphatic carbocycles. The second-order valence-corrected chi connectivity index (χ2v) is 6.11. The first-order valence-corrected chi connectivity index (χ1v) is 8.11. The molecule has 2 N–H and O–H groups in total. The molecule has 2 aromatic rings. The van der Waals surface area contributed by atoms with Gasteiger partial charge in [-0.25, -0.2) is 4.98 Å². The Morgan fingerprint density at radius 1 is 1.38 bits per heavy atom. The summed E-state index contributed by atoms with van der Waals surface area (Å²) in [6.45, 7) is 4.84. The summed E-state index contributed by atoms with van der Waals surface area (Å²) in [6.07, 6.45) is 5.14. The molecule has 3 rings (SSSR count). The molecule has 0 amide bonds. The highest BCUT2D eigenvalue weighted by atomic mass is 15.1. The Morgan fingerprint density at radius 2 is 2.19 bits per heavy atom. The molecule has 4 heteroatoms. The molecule has 1 aromatic heterocycles. The summed E-state index contributed by atoms with van der Waals surface area (Å²) in [5.74, 6) is 1.20. The number of aryl methyl sites for hydroxylation is 1. The van der Waals surface area contributed by atoms with Crippen LogP contribution in [0.25, 0.3) is 11.0 Å². The van der Waals surface area contributed by atoms with Crippen LogP contribution in [0.3, 0.4) is 0 Å². The van der Waals surface area contributed by atoms with Crippen LogP contribution in [0.4, 0.5) is 0 Å². The molecule has 0 radical (unpaired) electrons. The van der Waals surface area contributed by atoms with E-state index >= 15 is 0 Å². The third-order valence-electron chi connectivity index (χ3n) is 4.83. The van der Waals surface area contributed by atoms with E-state index in [1.54, 1.807) is 0 Å². The minimum absolute atomic E-state index is 0.578. The molecule has 1 aromatic carbocycles. The van der Waals surface area contributed by atoms with Crippen molar-refractivity contribution in [3.8, 4) is 0 Å². The number of hydrogen-bond acceptors (Lipinski definition) is 3. The van der Waals surface area contributed by atoms with Crippen LogP contribution in [-0.2, 0) is 19.5 Å². The van der Waals surface area contributed by atoms with Crippen LogP contribution in [-0.4, -0.2) is 34.1 Å². The normalized spacial score (nSPS) is 15.8. The Labute approximate surface area is 126 Å². The average Bonchev–Trinajstić information content (AvgIpc) is 2.79. The highest BCUT2D eigenvalue weighted by Crippen LogP contribution is 2.24. The number of hydrogen-bond donors (Lipinski definition) is 1. The Bertz CT molecular complexity index is 613. The van der Waals surface area contributed by atoms with E-state index in [9.17, 15) is 0 Å².